The predicted octanol–water partition coefficient (Wildman–Crippen LogP) is 5.08. The van der Waals surface area contributed by atoms with Crippen molar-refractivity contribution in [2.45, 2.75) is 6.92 Å². The average molecular weight is 331 g/mol. The Kier molecular flexibility index (Phi) is 3.33. The molecule has 2 aromatic carbocycles. The molecule has 0 aliphatic heterocycles. The van der Waals surface area contributed by atoms with E-state index in [0.29, 0.717) is 5.56 Å². The van der Waals surface area contributed by atoms with Gasteiger partial charge in [-0.05, 0) is 24.6 Å². The lowest BCUT2D eigenvalue weighted by molar-refractivity contribution is 0.471. The first-order chi connectivity index (χ1) is 11.7. The van der Waals surface area contributed by atoms with Crippen LogP contribution in [0.25, 0.3) is 20.3 Å². The second-order valence-corrected chi connectivity index (χ2v) is 6.61. The Morgan fingerprint density at radius 1 is 1.21 bits per heavy atom. The van der Waals surface area contributed by atoms with Gasteiger partial charge in [0, 0.05) is 28.0 Å². The number of thiophene rings is 1. The van der Waals surface area contributed by atoms with E-state index in [9.17, 15) is 10.4 Å². The Bertz CT molecular complexity index is 1120. The van der Waals surface area contributed by atoms with Crippen molar-refractivity contribution in [3.05, 3.63) is 59.8 Å². The topological polar surface area (TPSA) is 68.9 Å². The molecule has 2 aromatic heterocycles. The number of nitriles is 1. The van der Waals surface area contributed by atoms with Gasteiger partial charge in [0.25, 0.3) is 0 Å². The number of benzene rings is 2. The van der Waals surface area contributed by atoms with Crippen molar-refractivity contribution in [2.24, 2.45) is 0 Å². The van der Waals surface area contributed by atoms with Crippen LogP contribution < -0.4 is 5.32 Å². The highest BCUT2D eigenvalue weighted by Gasteiger charge is 2.14. The molecule has 4 rings (SSSR count). The molecule has 0 aliphatic rings. The van der Waals surface area contributed by atoms with E-state index in [4.69, 9.17) is 0 Å². The summed E-state index contributed by atoms with van der Waals surface area (Å²) >= 11 is 1.61. The Morgan fingerprint density at radius 3 is 2.83 bits per heavy atom. The Morgan fingerprint density at radius 2 is 2.04 bits per heavy atom. The number of hydrogen-bond donors (Lipinski definition) is 2. The van der Waals surface area contributed by atoms with E-state index in [1.165, 1.54) is 0 Å². The van der Waals surface area contributed by atoms with Gasteiger partial charge in [0.1, 0.15) is 11.8 Å². The number of aryl methyl sites for hydroxylation is 1. The zero-order chi connectivity index (χ0) is 16.7. The summed E-state index contributed by atoms with van der Waals surface area (Å²) in [6.45, 7) is 1.84. The fraction of sp³-hybridized carbons (Fsp3) is 0.0526. The minimum absolute atomic E-state index is 0.222. The highest BCUT2D eigenvalue weighted by Crippen LogP contribution is 2.39. The molecule has 2 N–H and O–H groups in total. The van der Waals surface area contributed by atoms with Crippen LogP contribution in [0.4, 0.5) is 11.4 Å². The van der Waals surface area contributed by atoms with Crippen LogP contribution in [0, 0.1) is 18.3 Å². The summed E-state index contributed by atoms with van der Waals surface area (Å²) in [6, 6.07) is 15.7. The number of phenols is 1. The molecule has 0 atom stereocenters. The van der Waals surface area contributed by atoms with Gasteiger partial charge in [0.2, 0.25) is 0 Å². The van der Waals surface area contributed by atoms with Gasteiger partial charge in [-0.25, -0.2) is 0 Å². The number of phenolic OH excluding ortho intramolecular Hbond substituents is 1. The number of fused-ring (bicyclic) bond motifs is 3. The minimum Gasteiger partial charge on any atom is -0.508 e. The summed E-state index contributed by atoms with van der Waals surface area (Å²) in [5, 5.41) is 23.7. The lowest BCUT2D eigenvalue weighted by Gasteiger charge is -2.10. The van der Waals surface area contributed by atoms with Gasteiger partial charge in [-0.1, -0.05) is 24.3 Å². The van der Waals surface area contributed by atoms with Gasteiger partial charge < -0.3 is 10.4 Å². The Hall–Kier alpha value is -3.10. The number of hydrogen-bond acceptors (Lipinski definition) is 5. The van der Waals surface area contributed by atoms with Gasteiger partial charge >= 0.3 is 0 Å². The van der Waals surface area contributed by atoms with E-state index < -0.39 is 0 Å². The smallest absolute Gasteiger partial charge is 0.120 e. The molecular formula is C19H13N3OS. The van der Waals surface area contributed by atoms with Gasteiger partial charge in [0.05, 0.1) is 21.5 Å². The number of pyridine rings is 1. The van der Waals surface area contributed by atoms with E-state index in [1.807, 2.05) is 37.3 Å². The lowest BCUT2D eigenvalue weighted by atomic mass is 10.1. The summed E-state index contributed by atoms with van der Waals surface area (Å²) in [5.74, 6) is 0.222. The van der Waals surface area contributed by atoms with Gasteiger partial charge in [-0.15, -0.1) is 11.3 Å². The second kappa shape index (κ2) is 5.52. The summed E-state index contributed by atoms with van der Waals surface area (Å²) in [6.07, 6.45) is 1.60. The summed E-state index contributed by atoms with van der Waals surface area (Å²) in [5.41, 5.74) is 3.64. The van der Waals surface area contributed by atoms with Crippen molar-refractivity contribution in [1.29, 1.82) is 5.26 Å². The van der Waals surface area contributed by atoms with E-state index in [2.05, 4.69) is 22.4 Å². The average Bonchev–Trinajstić information content (AvgIpc) is 2.97. The van der Waals surface area contributed by atoms with Crippen LogP contribution >= 0.6 is 11.3 Å². The molecule has 0 saturated carbocycles. The molecule has 0 amide bonds. The number of nitrogens with one attached hydrogen (secondary N) is 1. The van der Waals surface area contributed by atoms with Gasteiger partial charge in [-0.3, -0.25) is 4.98 Å². The van der Waals surface area contributed by atoms with Crippen molar-refractivity contribution >= 4 is 43.0 Å². The molecular weight excluding hydrogens is 318 g/mol. The van der Waals surface area contributed by atoms with Crippen molar-refractivity contribution in [3.8, 4) is 11.8 Å². The number of anilines is 2. The zero-order valence-corrected chi connectivity index (χ0v) is 13.7. The molecule has 0 saturated heterocycles. The van der Waals surface area contributed by atoms with E-state index in [-0.39, 0.29) is 5.75 Å². The van der Waals surface area contributed by atoms with E-state index >= 15 is 0 Å². The van der Waals surface area contributed by atoms with Crippen LogP contribution in [-0.4, -0.2) is 10.1 Å². The molecule has 0 fully saturated rings. The lowest BCUT2D eigenvalue weighted by Crippen LogP contribution is -1.95. The van der Waals surface area contributed by atoms with Crippen molar-refractivity contribution in [1.82, 2.24) is 4.98 Å². The minimum atomic E-state index is 0.222. The first kappa shape index (κ1) is 14.5. The molecule has 0 bridgehead atoms. The Balaban J connectivity index is 1.95. The fourth-order valence-corrected chi connectivity index (χ4v) is 3.85. The van der Waals surface area contributed by atoms with Crippen LogP contribution in [0.15, 0.2) is 48.7 Å². The third kappa shape index (κ3) is 2.25. The first-order valence-electron chi connectivity index (χ1n) is 7.44. The molecule has 24 heavy (non-hydrogen) atoms. The molecule has 2 heterocycles. The highest BCUT2D eigenvalue weighted by molar-refractivity contribution is 7.26. The molecule has 116 valence electrons. The fourth-order valence-electron chi connectivity index (χ4n) is 2.69. The van der Waals surface area contributed by atoms with Crippen LogP contribution in [0.3, 0.4) is 0 Å². The molecule has 0 aliphatic carbocycles. The molecule has 0 radical (unpaired) electrons. The number of aromatic nitrogens is 1. The third-order valence-corrected chi connectivity index (χ3v) is 5.16. The van der Waals surface area contributed by atoms with Crippen molar-refractivity contribution < 1.29 is 5.11 Å². The SMILES string of the molecule is Cc1ccc(Nc2c(C#N)cnc3c2sc2ccccc23)cc1O. The van der Waals surface area contributed by atoms with Crippen LogP contribution in [0.2, 0.25) is 0 Å². The maximum Gasteiger partial charge on any atom is 0.120 e. The standard InChI is InChI=1S/C19H13N3OS/c1-11-6-7-13(8-15(11)23)22-17-12(9-20)10-21-18-14-4-2-3-5-16(14)24-19(17)18/h2-8,10,23H,1H3,(H,21,22). The third-order valence-electron chi connectivity index (χ3n) is 3.99. The van der Waals surface area contributed by atoms with Crippen molar-refractivity contribution in [3.63, 3.8) is 0 Å². The maximum absolute atomic E-state index is 9.92. The van der Waals surface area contributed by atoms with Gasteiger partial charge in [-0.2, -0.15) is 5.26 Å². The second-order valence-electron chi connectivity index (χ2n) is 5.56. The van der Waals surface area contributed by atoms with Crippen LogP contribution in [0.1, 0.15) is 11.1 Å². The van der Waals surface area contributed by atoms with E-state index in [1.54, 1.807) is 23.6 Å². The molecule has 4 nitrogen and oxygen atoms in total. The number of rotatable bonds is 2. The summed E-state index contributed by atoms with van der Waals surface area (Å²) in [4.78, 5) is 4.47. The zero-order valence-electron chi connectivity index (χ0n) is 12.9. The molecule has 0 unspecified atom stereocenters. The monoisotopic (exact) mass is 331 g/mol. The largest absolute Gasteiger partial charge is 0.508 e. The summed E-state index contributed by atoms with van der Waals surface area (Å²) < 4.78 is 2.07. The Labute approximate surface area is 142 Å². The quantitative estimate of drug-likeness (QED) is 0.537. The normalized spacial score (nSPS) is 10.8. The summed E-state index contributed by atoms with van der Waals surface area (Å²) in [7, 11) is 0. The molecule has 5 heteroatoms. The van der Waals surface area contributed by atoms with Crippen molar-refractivity contribution in [2.75, 3.05) is 5.32 Å². The van der Waals surface area contributed by atoms with Gasteiger partial charge in [0.15, 0.2) is 0 Å². The molecule has 4 aromatic rings. The first-order valence-corrected chi connectivity index (χ1v) is 8.26. The highest BCUT2D eigenvalue weighted by atomic mass is 32.1. The molecule has 0 spiro atoms. The van der Waals surface area contributed by atoms with E-state index in [0.717, 1.165) is 37.2 Å². The maximum atomic E-state index is 9.92. The predicted molar refractivity (Wildman–Crippen MR) is 98.0 cm³/mol. The number of nitrogens with zero attached hydrogens (tertiary/aromatic N) is 2. The van der Waals surface area contributed by atoms with Crippen LogP contribution in [-0.2, 0) is 0 Å². The van der Waals surface area contributed by atoms with Crippen LogP contribution in [0.5, 0.6) is 5.75 Å². The number of aromatic hydroxyl groups is 1.